The van der Waals surface area contributed by atoms with Crippen molar-refractivity contribution < 1.29 is 19.1 Å². The smallest absolute Gasteiger partial charge is 0.410 e. The summed E-state index contributed by atoms with van der Waals surface area (Å²) in [4.78, 5) is 24.9. The third-order valence-electron chi connectivity index (χ3n) is 2.99. The minimum Gasteiger partial charge on any atom is -0.469 e. The van der Waals surface area contributed by atoms with Crippen molar-refractivity contribution >= 4 is 23.8 Å². The molecule has 1 aliphatic heterocycles. The van der Waals surface area contributed by atoms with E-state index in [2.05, 4.69) is 4.74 Å². The monoisotopic (exact) mass is 303 g/mol. The number of esters is 1. The van der Waals surface area contributed by atoms with Crippen molar-refractivity contribution in [3.63, 3.8) is 0 Å². The maximum absolute atomic E-state index is 12.1. The molecule has 5 nitrogen and oxygen atoms in total. The molecule has 1 atom stereocenters. The summed E-state index contributed by atoms with van der Waals surface area (Å²) in [5.41, 5.74) is -0.456. The minimum atomic E-state index is -0.456. The molecule has 20 heavy (non-hydrogen) atoms. The summed E-state index contributed by atoms with van der Waals surface area (Å²) in [6.45, 7) is 6.39. The number of likely N-dealkylation sites (tertiary alicyclic amines) is 1. The Labute approximate surface area is 125 Å². The van der Waals surface area contributed by atoms with Crippen molar-refractivity contribution in [3.05, 3.63) is 0 Å². The number of thioether (sulfide) groups is 1. The van der Waals surface area contributed by atoms with Crippen molar-refractivity contribution in [2.24, 2.45) is 0 Å². The van der Waals surface area contributed by atoms with Gasteiger partial charge in [0.2, 0.25) is 0 Å². The highest BCUT2D eigenvalue weighted by atomic mass is 32.2. The maximum atomic E-state index is 12.1. The molecule has 1 amide bonds. The van der Waals surface area contributed by atoms with Gasteiger partial charge in [-0.1, -0.05) is 0 Å². The minimum absolute atomic E-state index is 0.187. The lowest BCUT2D eigenvalue weighted by atomic mass is 10.2. The third kappa shape index (κ3) is 6.03. The van der Waals surface area contributed by atoms with Crippen LogP contribution in [0.15, 0.2) is 0 Å². The van der Waals surface area contributed by atoms with E-state index in [4.69, 9.17) is 4.74 Å². The van der Waals surface area contributed by atoms with Gasteiger partial charge in [0.05, 0.1) is 13.5 Å². The third-order valence-corrected chi connectivity index (χ3v) is 4.11. The highest BCUT2D eigenvalue weighted by Gasteiger charge is 2.31. The zero-order chi connectivity index (χ0) is 15.2. The fraction of sp³-hybridized carbons (Fsp3) is 0.857. The van der Waals surface area contributed by atoms with Crippen LogP contribution in [0.25, 0.3) is 0 Å². The van der Waals surface area contributed by atoms with E-state index < -0.39 is 5.60 Å². The Morgan fingerprint density at radius 2 is 2.05 bits per heavy atom. The Morgan fingerprint density at radius 3 is 2.65 bits per heavy atom. The molecule has 0 bridgehead atoms. The zero-order valence-corrected chi connectivity index (χ0v) is 13.6. The molecule has 0 aromatic rings. The number of carbonyl (C=O) groups excluding carboxylic acids is 2. The lowest BCUT2D eigenvalue weighted by Crippen LogP contribution is -2.40. The van der Waals surface area contributed by atoms with Gasteiger partial charge < -0.3 is 14.4 Å². The summed E-state index contributed by atoms with van der Waals surface area (Å²) in [5, 5.41) is 0. The predicted octanol–water partition coefficient (Wildman–Crippen LogP) is 2.68. The molecule has 0 saturated carbocycles. The van der Waals surface area contributed by atoms with Gasteiger partial charge >= 0.3 is 12.1 Å². The number of methoxy groups -OCH3 is 1. The fourth-order valence-corrected chi connectivity index (χ4v) is 3.14. The lowest BCUT2D eigenvalue weighted by molar-refractivity contribution is -0.140. The highest BCUT2D eigenvalue weighted by molar-refractivity contribution is 7.99. The van der Waals surface area contributed by atoms with Gasteiger partial charge in [-0.15, -0.1) is 0 Å². The Balaban J connectivity index is 2.34. The first kappa shape index (κ1) is 17.1. The standard InChI is InChI=1S/C14H25NO4S/c1-14(2,3)19-13(17)15-8-5-6-11(15)10-20-9-7-12(16)18-4/h11H,5-10H2,1-4H3. The molecule has 0 aromatic heterocycles. The van der Waals surface area contributed by atoms with Crippen LogP contribution >= 0.6 is 11.8 Å². The molecule has 116 valence electrons. The van der Waals surface area contributed by atoms with E-state index in [0.717, 1.165) is 30.9 Å². The predicted molar refractivity (Wildman–Crippen MR) is 79.9 cm³/mol. The summed E-state index contributed by atoms with van der Waals surface area (Å²) in [7, 11) is 1.40. The van der Waals surface area contributed by atoms with E-state index in [1.807, 2.05) is 25.7 Å². The molecule has 1 saturated heterocycles. The zero-order valence-electron chi connectivity index (χ0n) is 12.8. The van der Waals surface area contributed by atoms with Crippen LogP contribution in [0, 0.1) is 0 Å². The molecule has 6 heteroatoms. The summed E-state index contributed by atoms with van der Waals surface area (Å²) in [5.74, 6) is 1.38. The number of carbonyl (C=O) groups is 2. The van der Waals surface area contributed by atoms with E-state index in [9.17, 15) is 9.59 Å². The van der Waals surface area contributed by atoms with E-state index in [1.54, 1.807) is 11.8 Å². The van der Waals surface area contributed by atoms with Crippen molar-refractivity contribution in [2.45, 2.75) is 51.7 Å². The Morgan fingerprint density at radius 1 is 1.35 bits per heavy atom. The van der Waals surface area contributed by atoms with Gasteiger partial charge in [0.1, 0.15) is 5.60 Å². The molecule has 1 aliphatic rings. The first-order valence-electron chi connectivity index (χ1n) is 6.97. The van der Waals surface area contributed by atoms with Gasteiger partial charge in [0, 0.05) is 24.1 Å². The Kier molecular flexibility index (Phi) is 6.65. The van der Waals surface area contributed by atoms with Gasteiger partial charge in [-0.25, -0.2) is 4.79 Å². The number of nitrogens with zero attached hydrogens (tertiary/aromatic N) is 1. The van der Waals surface area contributed by atoms with E-state index >= 15 is 0 Å². The molecule has 0 radical (unpaired) electrons. The largest absolute Gasteiger partial charge is 0.469 e. The number of hydrogen-bond acceptors (Lipinski definition) is 5. The molecule has 0 aliphatic carbocycles. The SMILES string of the molecule is COC(=O)CCSCC1CCCN1C(=O)OC(C)(C)C. The van der Waals surface area contributed by atoms with E-state index in [0.29, 0.717) is 6.42 Å². The van der Waals surface area contributed by atoms with Crippen LogP contribution in [0.4, 0.5) is 4.79 Å². The van der Waals surface area contributed by atoms with Gasteiger partial charge in [0.15, 0.2) is 0 Å². The van der Waals surface area contributed by atoms with Crippen molar-refractivity contribution in [1.82, 2.24) is 4.90 Å². The summed E-state index contributed by atoms with van der Waals surface area (Å²) in [6, 6.07) is 0.215. The molecule has 1 fully saturated rings. The second kappa shape index (κ2) is 7.76. The van der Waals surface area contributed by atoms with Crippen LogP contribution in [0.5, 0.6) is 0 Å². The average molecular weight is 303 g/mol. The molecule has 1 rings (SSSR count). The number of amides is 1. The van der Waals surface area contributed by atoms with E-state index in [1.165, 1.54) is 7.11 Å². The van der Waals surface area contributed by atoms with Crippen LogP contribution in [0.3, 0.4) is 0 Å². The normalized spacial score (nSPS) is 19.0. The molecule has 0 aromatic carbocycles. The first-order chi connectivity index (χ1) is 9.33. The van der Waals surface area contributed by atoms with Gasteiger partial charge in [0.25, 0.3) is 0 Å². The second-order valence-corrected chi connectivity index (χ2v) is 7.02. The summed E-state index contributed by atoms with van der Waals surface area (Å²) in [6.07, 6.45) is 2.21. The van der Waals surface area contributed by atoms with Gasteiger partial charge in [-0.05, 0) is 33.6 Å². The topological polar surface area (TPSA) is 55.8 Å². The second-order valence-electron chi connectivity index (χ2n) is 5.87. The summed E-state index contributed by atoms with van der Waals surface area (Å²) >= 11 is 1.68. The quantitative estimate of drug-likeness (QED) is 0.577. The van der Waals surface area contributed by atoms with Crippen molar-refractivity contribution in [3.8, 4) is 0 Å². The molecule has 0 N–H and O–H groups in total. The van der Waals surface area contributed by atoms with E-state index in [-0.39, 0.29) is 18.1 Å². The molecule has 1 heterocycles. The average Bonchev–Trinajstić information content (AvgIpc) is 2.80. The van der Waals surface area contributed by atoms with Crippen molar-refractivity contribution in [2.75, 3.05) is 25.2 Å². The van der Waals surface area contributed by atoms with Crippen LogP contribution in [0.1, 0.15) is 40.0 Å². The number of hydrogen-bond donors (Lipinski definition) is 0. The maximum Gasteiger partial charge on any atom is 0.410 e. The molecular formula is C14H25NO4S. The fourth-order valence-electron chi connectivity index (χ4n) is 2.05. The summed E-state index contributed by atoms with van der Waals surface area (Å²) < 4.78 is 10.0. The highest BCUT2D eigenvalue weighted by Crippen LogP contribution is 2.23. The molecule has 1 unspecified atom stereocenters. The van der Waals surface area contributed by atoms with Crippen LogP contribution < -0.4 is 0 Å². The van der Waals surface area contributed by atoms with Crippen LogP contribution in [0.2, 0.25) is 0 Å². The van der Waals surface area contributed by atoms with Gasteiger partial charge in [-0.3, -0.25) is 4.79 Å². The molecular weight excluding hydrogens is 278 g/mol. The first-order valence-corrected chi connectivity index (χ1v) is 8.13. The van der Waals surface area contributed by atoms with Crippen LogP contribution in [-0.4, -0.2) is 53.8 Å². The molecule has 0 spiro atoms. The van der Waals surface area contributed by atoms with Gasteiger partial charge in [-0.2, -0.15) is 11.8 Å². The van der Waals surface area contributed by atoms with Crippen molar-refractivity contribution in [1.29, 1.82) is 0 Å². The lowest BCUT2D eigenvalue weighted by Gasteiger charge is -2.28. The number of ether oxygens (including phenoxy) is 2. The Hall–Kier alpha value is -0.910. The Bertz CT molecular complexity index is 341. The number of rotatable bonds is 5. The van der Waals surface area contributed by atoms with Crippen LogP contribution in [-0.2, 0) is 14.3 Å².